The van der Waals surface area contributed by atoms with E-state index in [0.717, 1.165) is 11.3 Å². The monoisotopic (exact) mass is 331 g/mol. The Balaban J connectivity index is 1.60. The van der Waals surface area contributed by atoms with E-state index in [1.165, 1.54) is 0 Å². The fraction of sp³-hybridized carbons (Fsp3) is 0.176. The van der Waals surface area contributed by atoms with Gasteiger partial charge in [-0.3, -0.25) is 4.79 Å². The van der Waals surface area contributed by atoms with Crippen LogP contribution in [-0.2, 0) is 16.0 Å². The highest BCUT2D eigenvalue weighted by molar-refractivity contribution is 6.32. The van der Waals surface area contributed by atoms with E-state index in [2.05, 4.69) is 5.32 Å². The molecule has 0 unspecified atom stereocenters. The van der Waals surface area contributed by atoms with E-state index < -0.39 is 5.97 Å². The smallest absolute Gasteiger partial charge is 0.349 e. The number of benzene rings is 2. The number of aryl methyl sites for hydroxylation is 1. The molecule has 3 rings (SSSR count). The molecule has 2 aromatic rings. The second-order valence-corrected chi connectivity index (χ2v) is 5.47. The molecule has 0 saturated carbocycles. The largest absolute Gasteiger partial charge is 0.480 e. The third-order valence-electron chi connectivity index (χ3n) is 3.39. The molecule has 6 heteroatoms. The van der Waals surface area contributed by atoms with Crippen molar-refractivity contribution in [3.8, 4) is 11.5 Å². The first-order valence-corrected chi connectivity index (χ1v) is 7.50. The second-order valence-electron chi connectivity index (χ2n) is 5.06. The summed E-state index contributed by atoms with van der Waals surface area (Å²) in [6, 6.07) is 12.0. The standard InChI is InChI=1S/C17H14ClNO4/c18-13-3-1-2-4-15(13)22-10-17(21)23-12-6-7-14-11(9-12)5-8-16(20)19-14/h1-4,6-7,9H,5,8,10H2,(H,19,20). The van der Waals surface area contributed by atoms with Gasteiger partial charge in [-0.1, -0.05) is 23.7 Å². The van der Waals surface area contributed by atoms with E-state index in [-0.39, 0.29) is 12.5 Å². The Morgan fingerprint density at radius 1 is 1.17 bits per heavy atom. The van der Waals surface area contributed by atoms with Crippen LogP contribution in [0.4, 0.5) is 5.69 Å². The molecular weight excluding hydrogens is 318 g/mol. The summed E-state index contributed by atoms with van der Waals surface area (Å²) in [5.41, 5.74) is 1.70. The Bertz CT molecular complexity index is 760. The highest BCUT2D eigenvalue weighted by Crippen LogP contribution is 2.27. The van der Waals surface area contributed by atoms with Gasteiger partial charge in [0.2, 0.25) is 5.91 Å². The topological polar surface area (TPSA) is 64.6 Å². The normalized spacial score (nSPS) is 13.0. The van der Waals surface area contributed by atoms with Crippen LogP contribution in [0.15, 0.2) is 42.5 Å². The lowest BCUT2D eigenvalue weighted by atomic mass is 10.0. The van der Waals surface area contributed by atoms with Crippen LogP contribution >= 0.6 is 11.6 Å². The van der Waals surface area contributed by atoms with Crippen LogP contribution in [0.5, 0.6) is 11.5 Å². The number of para-hydroxylation sites is 1. The lowest BCUT2D eigenvalue weighted by Crippen LogP contribution is -2.20. The molecule has 0 radical (unpaired) electrons. The van der Waals surface area contributed by atoms with Gasteiger partial charge in [0.25, 0.3) is 0 Å². The molecule has 118 valence electrons. The summed E-state index contributed by atoms with van der Waals surface area (Å²) in [5, 5.41) is 3.21. The van der Waals surface area contributed by atoms with E-state index in [1.807, 2.05) is 0 Å². The minimum absolute atomic E-state index is 0.00427. The van der Waals surface area contributed by atoms with E-state index in [9.17, 15) is 9.59 Å². The third kappa shape index (κ3) is 3.81. The van der Waals surface area contributed by atoms with Crippen LogP contribution < -0.4 is 14.8 Å². The van der Waals surface area contributed by atoms with E-state index in [4.69, 9.17) is 21.1 Å². The van der Waals surface area contributed by atoms with Crippen molar-refractivity contribution in [2.45, 2.75) is 12.8 Å². The van der Waals surface area contributed by atoms with Gasteiger partial charge in [-0.15, -0.1) is 0 Å². The van der Waals surface area contributed by atoms with Crippen molar-refractivity contribution in [3.05, 3.63) is 53.1 Å². The van der Waals surface area contributed by atoms with Gasteiger partial charge in [-0.25, -0.2) is 4.79 Å². The molecule has 5 nitrogen and oxygen atoms in total. The fourth-order valence-electron chi connectivity index (χ4n) is 2.28. The van der Waals surface area contributed by atoms with Crippen LogP contribution in [-0.4, -0.2) is 18.5 Å². The molecule has 2 aromatic carbocycles. The average molecular weight is 332 g/mol. The molecule has 0 bridgehead atoms. The summed E-state index contributed by atoms with van der Waals surface area (Å²) in [6.45, 7) is -0.239. The van der Waals surface area contributed by atoms with Crippen molar-refractivity contribution >= 4 is 29.2 Å². The Morgan fingerprint density at radius 3 is 2.83 bits per heavy atom. The van der Waals surface area contributed by atoms with E-state index in [0.29, 0.717) is 29.4 Å². The second kappa shape index (κ2) is 6.71. The first kappa shape index (κ1) is 15.4. The molecule has 0 spiro atoms. The highest BCUT2D eigenvalue weighted by atomic mass is 35.5. The zero-order valence-corrected chi connectivity index (χ0v) is 12.9. The number of ether oxygens (including phenoxy) is 2. The number of halogens is 1. The molecule has 1 aliphatic heterocycles. The minimum atomic E-state index is -0.523. The number of carbonyl (C=O) groups is 2. The highest BCUT2D eigenvalue weighted by Gasteiger charge is 2.16. The molecule has 1 heterocycles. The average Bonchev–Trinajstić information content (AvgIpc) is 2.54. The first-order chi connectivity index (χ1) is 11.1. The minimum Gasteiger partial charge on any atom is -0.480 e. The number of hydrogen-bond donors (Lipinski definition) is 1. The van der Waals surface area contributed by atoms with Crippen molar-refractivity contribution in [3.63, 3.8) is 0 Å². The third-order valence-corrected chi connectivity index (χ3v) is 3.70. The van der Waals surface area contributed by atoms with Crippen LogP contribution in [0, 0.1) is 0 Å². The van der Waals surface area contributed by atoms with E-state index >= 15 is 0 Å². The van der Waals surface area contributed by atoms with Crippen molar-refractivity contribution in [2.75, 3.05) is 11.9 Å². The molecule has 0 atom stereocenters. The van der Waals surface area contributed by atoms with Crippen molar-refractivity contribution in [2.24, 2.45) is 0 Å². The Hall–Kier alpha value is -2.53. The first-order valence-electron chi connectivity index (χ1n) is 7.12. The Labute approximate surface area is 138 Å². The van der Waals surface area contributed by atoms with Gasteiger partial charge in [0.15, 0.2) is 6.61 Å². The van der Waals surface area contributed by atoms with Gasteiger partial charge < -0.3 is 14.8 Å². The van der Waals surface area contributed by atoms with Gasteiger partial charge in [-0.05, 0) is 42.3 Å². The lowest BCUT2D eigenvalue weighted by Gasteiger charge is -2.17. The van der Waals surface area contributed by atoms with Gasteiger partial charge in [0, 0.05) is 12.1 Å². The van der Waals surface area contributed by atoms with Gasteiger partial charge in [-0.2, -0.15) is 0 Å². The maximum Gasteiger partial charge on any atom is 0.349 e. The number of carbonyl (C=O) groups excluding carboxylic acids is 2. The van der Waals surface area contributed by atoms with Gasteiger partial charge >= 0.3 is 5.97 Å². The number of nitrogens with one attached hydrogen (secondary N) is 1. The van der Waals surface area contributed by atoms with Crippen LogP contribution in [0.2, 0.25) is 5.02 Å². The summed E-state index contributed by atoms with van der Waals surface area (Å²) in [4.78, 5) is 23.2. The fourth-order valence-corrected chi connectivity index (χ4v) is 2.47. The number of esters is 1. The molecular formula is C17H14ClNO4. The number of anilines is 1. The van der Waals surface area contributed by atoms with Crippen LogP contribution in [0.1, 0.15) is 12.0 Å². The van der Waals surface area contributed by atoms with Crippen molar-refractivity contribution in [1.29, 1.82) is 0 Å². The summed E-state index contributed by atoms with van der Waals surface area (Å²) in [6.07, 6.45) is 1.06. The van der Waals surface area contributed by atoms with Crippen LogP contribution in [0.3, 0.4) is 0 Å². The van der Waals surface area contributed by atoms with Crippen molar-refractivity contribution in [1.82, 2.24) is 0 Å². The molecule has 1 N–H and O–H groups in total. The maximum absolute atomic E-state index is 11.9. The number of fused-ring (bicyclic) bond motifs is 1. The Kier molecular flexibility index (Phi) is 4.48. The van der Waals surface area contributed by atoms with Gasteiger partial charge in [0.05, 0.1) is 5.02 Å². The SMILES string of the molecule is O=C1CCc2cc(OC(=O)COc3ccccc3Cl)ccc2N1. The molecule has 0 aliphatic carbocycles. The summed E-state index contributed by atoms with van der Waals surface area (Å²) in [5.74, 6) is 0.326. The predicted molar refractivity (Wildman–Crippen MR) is 86.0 cm³/mol. The molecule has 1 amide bonds. The quantitative estimate of drug-likeness (QED) is 0.690. The molecule has 1 aliphatic rings. The van der Waals surface area contributed by atoms with Crippen LogP contribution in [0.25, 0.3) is 0 Å². The van der Waals surface area contributed by atoms with E-state index in [1.54, 1.807) is 42.5 Å². The zero-order valence-electron chi connectivity index (χ0n) is 12.2. The number of hydrogen-bond acceptors (Lipinski definition) is 4. The van der Waals surface area contributed by atoms with Crippen molar-refractivity contribution < 1.29 is 19.1 Å². The maximum atomic E-state index is 11.9. The summed E-state index contributed by atoms with van der Waals surface area (Å²) < 4.78 is 10.6. The number of amides is 1. The number of rotatable bonds is 4. The lowest BCUT2D eigenvalue weighted by molar-refractivity contribution is -0.136. The Morgan fingerprint density at radius 2 is 2.00 bits per heavy atom. The molecule has 0 fully saturated rings. The van der Waals surface area contributed by atoms with Gasteiger partial charge in [0.1, 0.15) is 11.5 Å². The zero-order chi connectivity index (χ0) is 16.2. The summed E-state index contributed by atoms with van der Waals surface area (Å²) in [7, 11) is 0. The molecule has 0 saturated heterocycles. The molecule has 0 aromatic heterocycles. The summed E-state index contributed by atoms with van der Waals surface area (Å²) >= 11 is 5.95. The predicted octanol–water partition coefficient (Wildman–Crippen LogP) is 3.21. The molecule has 23 heavy (non-hydrogen) atoms.